The van der Waals surface area contributed by atoms with Crippen molar-refractivity contribution in [2.75, 3.05) is 13.7 Å². The SMILES string of the molecule is CCNC(C)(C)C(=O)CCc1ccc(OC)cc1. The second-order valence-electron chi connectivity index (χ2n) is 4.93. The lowest BCUT2D eigenvalue weighted by atomic mass is 9.94. The highest BCUT2D eigenvalue weighted by molar-refractivity contribution is 5.87. The van der Waals surface area contributed by atoms with E-state index in [0.29, 0.717) is 6.42 Å². The minimum atomic E-state index is -0.429. The molecule has 18 heavy (non-hydrogen) atoms. The Labute approximate surface area is 110 Å². The van der Waals surface area contributed by atoms with Gasteiger partial charge in [0.05, 0.1) is 12.6 Å². The number of Topliss-reactive ketones (excluding diaryl/α,β-unsaturated/α-hetero) is 1. The Balaban J connectivity index is 2.51. The number of rotatable bonds is 7. The molecule has 0 atom stereocenters. The van der Waals surface area contributed by atoms with Crippen LogP contribution in [0, 0.1) is 0 Å². The van der Waals surface area contributed by atoms with Crippen LogP contribution in [0.25, 0.3) is 0 Å². The molecule has 1 N–H and O–H groups in total. The second-order valence-corrected chi connectivity index (χ2v) is 4.93. The fourth-order valence-corrected chi connectivity index (χ4v) is 1.90. The summed E-state index contributed by atoms with van der Waals surface area (Å²) in [6, 6.07) is 7.86. The molecule has 0 saturated heterocycles. The van der Waals surface area contributed by atoms with Crippen molar-refractivity contribution in [3.8, 4) is 5.75 Å². The summed E-state index contributed by atoms with van der Waals surface area (Å²) in [7, 11) is 1.65. The Morgan fingerprint density at radius 2 is 1.89 bits per heavy atom. The maximum atomic E-state index is 12.1. The van der Waals surface area contributed by atoms with E-state index in [9.17, 15) is 4.79 Å². The Morgan fingerprint density at radius 3 is 2.39 bits per heavy atom. The lowest BCUT2D eigenvalue weighted by Crippen LogP contribution is -2.46. The van der Waals surface area contributed by atoms with E-state index < -0.39 is 5.54 Å². The molecule has 0 aliphatic rings. The molecule has 0 aliphatic carbocycles. The van der Waals surface area contributed by atoms with Crippen molar-refractivity contribution in [1.82, 2.24) is 5.32 Å². The van der Waals surface area contributed by atoms with Gasteiger partial charge in [-0.2, -0.15) is 0 Å². The minimum Gasteiger partial charge on any atom is -0.497 e. The Kier molecular flexibility index (Phi) is 5.35. The number of likely N-dealkylation sites (N-methyl/N-ethyl adjacent to an activating group) is 1. The van der Waals surface area contributed by atoms with E-state index in [-0.39, 0.29) is 5.78 Å². The van der Waals surface area contributed by atoms with Gasteiger partial charge in [-0.15, -0.1) is 0 Å². The highest BCUT2D eigenvalue weighted by Gasteiger charge is 2.25. The number of methoxy groups -OCH3 is 1. The number of hydrogen-bond donors (Lipinski definition) is 1. The molecule has 0 fully saturated rings. The third kappa shape index (κ3) is 4.15. The molecule has 100 valence electrons. The van der Waals surface area contributed by atoms with Crippen LogP contribution in [0.2, 0.25) is 0 Å². The molecule has 0 radical (unpaired) electrons. The van der Waals surface area contributed by atoms with Crippen molar-refractivity contribution in [2.45, 2.75) is 39.2 Å². The molecule has 0 aliphatic heterocycles. The zero-order chi connectivity index (χ0) is 13.6. The first-order chi connectivity index (χ1) is 8.49. The maximum absolute atomic E-state index is 12.1. The lowest BCUT2D eigenvalue weighted by Gasteiger charge is -2.24. The van der Waals surface area contributed by atoms with Crippen LogP contribution >= 0.6 is 0 Å². The first kappa shape index (κ1) is 14.7. The van der Waals surface area contributed by atoms with Crippen LogP contribution in [0.1, 0.15) is 32.8 Å². The lowest BCUT2D eigenvalue weighted by molar-refractivity contribution is -0.124. The van der Waals surface area contributed by atoms with Crippen molar-refractivity contribution in [3.05, 3.63) is 29.8 Å². The number of aryl methyl sites for hydroxylation is 1. The van der Waals surface area contributed by atoms with Gasteiger partial charge >= 0.3 is 0 Å². The van der Waals surface area contributed by atoms with E-state index in [1.807, 2.05) is 45.0 Å². The third-order valence-electron chi connectivity index (χ3n) is 3.12. The van der Waals surface area contributed by atoms with Gasteiger partial charge in [0.15, 0.2) is 5.78 Å². The van der Waals surface area contributed by atoms with E-state index in [0.717, 1.165) is 24.3 Å². The number of carbonyl (C=O) groups is 1. The Hall–Kier alpha value is -1.35. The van der Waals surface area contributed by atoms with E-state index in [2.05, 4.69) is 5.32 Å². The third-order valence-corrected chi connectivity index (χ3v) is 3.12. The predicted molar refractivity (Wildman–Crippen MR) is 74.1 cm³/mol. The number of carbonyl (C=O) groups excluding carboxylic acids is 1. The van der Waals surface area contributed by atoms with Crippen LogP contribution in [0.15, 0.2) is 24.3 Å². The van der Waals surface area contributed by atoms with Gasteiger partial charge in [0.1, 0.15) is 5.75 Å². The highest BCUT2D eigenvalue weighted by atomic mass is 16.5. The number of nitrogens with one attached hydrogen (secondary N) is 1. The van der Waals surface area contributed by atoms with Gasteiger partial charge in [-0.3, -0.25) is 4.79 Å². The minimum absolute atomic E-state index is 0.250. The molecule has 1 aromatic carbocycles. The summed E-state index contributed by atoms with van der Waals surface area (Å²) in [4.78, 5) is 12.1. The zero-order valence-corrected chi connectivity index (χ0v) is 11.7. The Bertz CT molecular complexity index is 382. The van der Waals surface area contributed by atoms with E-state index in [1.165, 1.54) is 0 Å². The standard InChI is InChI=1S/C15H23NO2/c1-5-16-15(2,3)14(17)11-8-12-6-9-13(18-4)10-7-12/h6-7,9-10,16H,5,8,11H2,1-4H3. The van der Waals surface area contributed by atoms with Gasteiger partial charge in [0.2, 0.25) is 0 Å². The molecule has 1 rings (SSSR count). The molecule has 0 heterocycles. The van der Waals surface area contributed by atoms with Crippen molar-refractivity contribution < 1.29 is 9.53 Å². The molecule has 0 spiro atoms. The van der Waals surface area contributed by atoms with E-state index in [4.69, 9.17) is 4.74 Å². The van der Waals surface area contributed by atoms with Crippen LogP contribution in [0.4, 0.5) is 0 Å². The normalized spacial score (nSPS) is 11.3. The Morgan fingerprint density at radius 1 is 1.28 bits per heavy atom. The van der Waals surface area contributed by atoms with Crippen LogP contribution in [-0.2, 0) is 11.2 Å². The zero-order valence-electron chi connectivity index (χ0n) is 11.7. The van der Waals surface area contributed by atoms with Crippen LogP contribution in [0.3, 0.4) is 0 Å². The summed E-state index contributed by atoms with van der Waals surface area (Å²) in [6.45, 7) is 6.69. The van der Waals surface area contributed by atoms with Crippen LogP contribution < -0.4 is 10.1 Å². The second kappa shape index (κ2) is 6.55. The number of benzene rings is 1. The molecule has 0 aromatic heterocycles. The average Bonchev–Trinajstić information content (AvgIpc) is 2.36. The maximum Gasteiger partial charge on any atom is 0.152 e. The summed E-state index contributed by atoms with van der Waals surface area (Å²) in [5.74, 6) is 1.10. The number of ketones is 1. The van der Waals surface area contributed by atoms with Gasteiger partial charge < -0.3 is 10.1 Å². The smallest absolute Gasteiger partial charge is 0.152 e. The average molecular weight is 249 g/mol. The first-order valence-electron chi connectivity index (χ1n) is 6.41. The highest BCUT2D eigenvalue weighted by Crippen LogP contribution is 2.14. The molecule has 3 nitrogen and oxygen atoms in total. The molecular weight excluding hydrogens is 226 g/mol. The fourth-order valence-electron chi connectivity index (χ4n) is 1.90. The van der Waals surface area contributed by atoms with Crippen molar-refractivity contribution in [3.63, 3.8) is 0 Å². The number of hydrogen-bond acceptors (Lipinski definition) is 3. The van der Waals surface area contributed by atoms with Crippen molar-refractivity contribution in [2.24, 2.45) is 0 Å². The molecule has 1 aromatic rings. The molecule has 3 heteroatoms. The summed E-state index contributed by atoms with van der Waals surface area (Å²) >= 11 is 0. The molecule has 0 amide bonds. The largest absolute Gasteiger partial charge is 0.497 e. The summed E-state index contributed by atoms with van der Waals surface area (Å²) in [6.07, 6.45) is 1.34. The monoisotopic (exact) mass is 249 g/mol. The summed E-state index contributed by atoms with van der Waals surface area (Å²) < 4.78 is 5.10. The topological polar surface area (TPSA) is 38.3 Å². The molecule has 0 unspecified atom stereocenters. The van der Waals surface area contributed by atoms with Gasteiger partial charge in [0.25, 0.3) is 0 Å². The number of ether oxygens (including phenoxy) is 1. The van der Waals surface area contributed by atoms with E-state index in [1.54, 1.807) is 7.11 Å². The van der Waals surface area contributed by atoms with Crippen molar-refractivity contribution >= 4 is 5.78 Å². The van der Waals surface area contributed by atoms with Gasteiger partial charge in [0, 0.05) is 6.42 Å². The first-order valence-corrected chi connectivity index (χ1v) is 6.41. The molecule has 0 saturated carbocycles. The van der Waals surface area contributed by atoms with Crippen LogP contribution in [0.5, 0.6) is 5.75 Å². The quantitative estimate of drug-likeness (QED) is 0.807. The summed E-state index contributed by atoms with van der Waals surface area (Å²) in [5, 5.41) is 3.21. The van der Waals surface area contributed by atoms with Gasteiger partial charge in [-0.05, 0) is 44.5 Å². The van der Waals surface area contributed by atoms with Crippen molar-refractivity contribution in [1.29, 1.82) is 0 Å². The van der Waals surface area contributed by atoms with E-state index >= 15 is 0 Å². The summed E-state index contributed by atoms with van der Waals surface area (Å²) in [5.41, 5.74) is 0.734. The molecular formula is C15H23NO2. The van der Waals surface area contributed by atoms with Gasteiger partial charge in [-0.1, -0.05) is 19.1 Å². The molecule has 0 bridgehead atoms. The van der Waals surface area contributed by atoms with Gasteiger partial charge in [-0.25, -0.2) is 0 Å². The fraction of sp³-hybridized carbons (Fsp3) is 0.533. The predicted octanol–water partition coefficient (Wildman–Crippen LogP) is 2.59. The van der Waals surface area contributed by atoms with Crippen LogP contribution in [-0.4, -0.2) is 25.0 Å².